The summed E-state index contributed by atoms with van der Waals surface area (Å²) >= 11 is 10.1. The summed E-state index contributed by atoms with van der Waals surface area (Å²) in [4.78, 5) is 12.2. The van der Waals surface area contributed by atoms with E-state index in [0.717, 1.165) is 4.88 Å². The van der Waals surface area contributed by atoms with Gasteiger partial charge in [0.1, 0.15) is 11.7 Å². The second kappa shape index (κ2) is 7.35. The van der Waals surface area contributed by atoms with Crippen molar-refractivity contribution in [2.75, 3.05) is 11.2 Å². The van der Waals surface area contributed by atoms with Crippen LogP contribution in [0.15, 0.2) is 34.1 Å². The number of alkyl halides is 1. The average Bonchev–Trinajstić information content (AvgIpc) is 2.96. The monoisotopic (exact) mass is 391 g/mol. The summed E-state index contributed by atoms with van der Waals surface area (Å²) in [6, 6.07) is 6.57. The second-order valence-corrected chi connectivity index (χ2v) is 6.50. The third-order valence-corrected chi connectivity index (χ3v) is 4.48. The number of carbonyl (C=O) groups is 1. The molecule has 21 heavy (non-hydrogen) atoms. The third kappa shape index (κ3) is 4.26. The maximum atomic E-state index is 14.0. The molecule has 1 atom stereocenters. The molecule has 0 fully saturated rings. The van der Waals surface area contributed by atoms with E-state index in [4.69, 9.17) is 11.6 Å². The number of thiophene rings is 1. The molecule has 1 heterocycles. The highest BCUT2D eigenvalue weighted by Gasteiger charge is 2.17. The summed E-state index contributed by atoms with van der Waals surface area (Å²) in [6.07, 6.45) is -0.570. The maximum absolute atomic E-state index is 14.0. The molecule has 2 N–H and O–H groups in total. The Morgan fingerprint density at radius 3 is 2.90 bits per heavy atom. The van der Waals surface area contributed by atoms with Crippen molar-refractivity contribution in [2.24, 2.45) is 0 Å². The van der Waals surface area contributed by atoms with Gasteiger partial charge in [0.05, 0.1) is 11.8 Å². The lowest BCUT2D eigenvalue weighted by molar-refractivity contribution is -0.113. The van der Waals surface area contributed by atoms with Gasteiger partial charge in [-0.1, -0.05) is 22.0 Å². The van der Waals surface area contributed by atoms with Gasteiger partial charge in [-0.3, -0.25) is 4.79 Å². The van der Waals surface area contributed by atoms with Gasteiger partial charge in [0.25, 0.3) is 0 Å². The molecule has 0 spiro atoms. The SMILES string of the molecule is O=C(CCl)Nc1c(F)cc(Br)cc1CC(O)c1cccs1. The summed E-state index contributed by atoms with van der Waals surface area (Å²) in [6.45, 7) is 0. The van der Waals surface area contributed by atoms with Crippen LogP contribution in [0, 0.1) is 5.82 Å². The molecule has 2 aromatic rings. The maximum Gasteiger partial charge on any atom is 0.239 e. The number of anilines is 1. The van der Waals surface area contributed by atoms with Crippen LogP contribution < -0.4 is 5.32 Å². The minimum atomic E-state index is -0.759. The number of halogens is 3. The van der Waals surface area contributed by atoms with Crippen LogP contribution in [0.25, 0.3) is 0 Å². The van der Waals surface area contributed by atoms with Gasteiger partial charge in [0, 0.05) is 15.8 Å². The van der Waals surface area contributed by atoms with Crippen molar-refractivity contribution >= 4 is 50.5 Å². The molecule has 7 heteroatoms. The molecule has 0 aliphatic carbocycles. The minimum absolute atomic E-state index is 0.0551. The van der Waals surface area contributed by atoms with Crippen LogP contribution in [0.2, 0.25) is 0 Å². The third-order valence-electron chi connectivity index (χ3n) is 2.81. The summed E-state index contributed by atoms with van der Waals surface area (Å²) in [5, 5.41) is 14.5. The van der Waals surface area contributed by atoms with E-state index >= 15 is 0 Å². The summed E-state index contributed by atoms with van der Waals surface area (Å²) < 4.78 is 14.6. The van der Waals surface area contributed by atoms with E-state index in [-0.39, 0.29) is 18.0 Å². The summed E-state index contributed by atoms with van der Waals surface area (Å²) in [5.74, 6) is -1.33. The van der Waals surface area contributed by atoms with Crippen molar-refractivity contribution < 1.29 is 14.3 Å². The lowest BCUT2D eigenvalue weighted by Crippen LogP contribution is -2.16. The van der Waals surface area contributed by atoms with Gasteiger partial charge in [-0.2, -0.15) is 0 Å². The average molecular weight is 393 g/mol. The number of amides is 1. The number of carbonyl (C=O) groups excluding carboxylic acids is 1. The van der Waals surface area contributed by atoms with Crippen molar-refractivity contribution in [1.29, 1.82) is 0 Å². The zero-order valence-corrected chi connectivity index (χ0v) is 13.9. The molecule has 0 saturated heterocycles. The molecule has 3 nitrogen and oxygen atoms in total. The highest BCUT2D eigenvalue weighted by molar-refractivity contribution is 9.10. The molecular formula is C14H12BrClFNO2S. The smallest absolute Gasteiger partial charge is 0.239 e. The molecule has 1 amide bonds. The van der Waals surface area contributed by atoms with Gasteiger partial charge < -0.3 is 10.4 Å². The Morgan fingerprint density at radius 1 is 1.52 bits per heavy atom. The van der Waals surface area contributed by atoms with Crippen LogP contribution >= 0.6 is 38.9 Å². The standard InChI is InChI=1S/C14H12BrClFNO2S/c15-9-4-8(5-11(19)12-2-1-3-21-12)14(10(17)6-9)18-13(20)7-16/h1-4,6,11,19H,5,7H2,(H,18,20). The van der Waals surface area contributed by atoms with Crippen LogP contribution in [-0.2, 0) is 11.2 Å². The molecule has 0 saturated carbocycles. The van der Waals surface area contributed by atoms with Crippen molar-refractivity contribution in [1.82, 2.24) is 0 Å². The van der Waals surface area contributed by atoms with Gasteiger partial charge in [-0.15, -0.1) is 22.9 Å². The number of hydrogen-bond donors (Lipinski definition) is 2. The number of benzene rings is 1. The molecule has 0 bridgehead atoms. The molecule has 2 rings (SSSR count). The first-order valence-electron chi connectivity index (χ1n) is 6.06. The van der Waals surface area contributed by atoms with Gasteiger partial charge in [0.15, 0.2) is 0 Å². The fraction of sp³-hybridized carbons (Fsp3) is 0.214. The van der Waals surface area contributed by atoms with E-state index in [1.165, 1.54) is 17.4 Å². The minimum Gasteiger partial charge on any atom is -0.387 e. The normalized spacial score (nSPS) is 12.2. The molecule has 0 aliphatic heterocycles. The molecule has 0 aliphatic rings. The van der Waals surface area contributed by atoms with E-state index in [2.05, 4.69) is 21.2 Å². The van der Waals surface area contributed by atoms with E-state index in [1.807, 2.05) is 11.4 Å². The first-order valence-corrected chi connectivity index (χ1v) is 8.27. The van der Waals surface area contributed by atoms with Crippen molar-refractivity contribution in [3.05, 3.63) is 50.4 Å². The van der Waals surface area contributed by atoms with Crippen LogP contribution in [0.5, 0.6) is 0 Å². The lowest BCUT2D eigenvalue weighted by Gasteiger charge is -2.15. The van der Waals surface area contributed by atoms with E-state index < -0.39 is 17.8 Å². The van der Waals surface area contributed by atoms with Crippen LogP contribution in [0.4, 0.5) is 10.1 Å². The quantitative estimate of drug-likeness (QED) is 0.753. The van der Waals surface area contributed by atoms with Crippen LogP contribution in [-0.4, -0.2) is 16.9 Å². The Hall–Kier alpha value is -0.950. The molecule has 1 unspecified atom stereocenters. The Morgan fingerprint density at radius 2 is 2.29 bits per heavy atom. The second-order valence-electron chi connectivity index (χ2n) is 4.34. The van der Waals surface area contributed by atoms with Gasteiger partial charge in [-0.05, 0) is 29.1 Å². The first kappa shape index (κ1) is 16.4. The topological polar surface area (TPSA) is 49.3 Å². The van der Waals surface area contributed by atoms with Gasteiger partial charge in [-0.25, -0.2) is 4.39 Å². The Balaban J connectivity index is 2.30. The number of aliphatic hydroxyl groups excluding tert-OH is 1. The largest absolute Gasteiger partial charge is 0.387 e. The summed E-state index contributed by atoms with van der Waals surface area (Å²) in [5.41, 5.74) is 0.556. The van der Waals surface area contributed by atoms with E-state index in [9.17, 15) is 14.3 Å². The predicted molar refractivity (Wildman–Crippen MR) is 86.4 cm³/mol. The van der Waals surface area contributed by atoms with Crippen LogP contribution in [0.3, 0.4) is 0 Å². The molecule has 1 aromatic carbocycles. The molecule has 0 radical (unpaired) electrons. The van der Waals surface area contributed by atoms with Crippen molar-refractivity contribution in [3.63, 3.8) is 0 Å². The Kier molecular flexibility index (Phi) is 5.75. The Bertz CT molecular complexity index is 636. The fourth-order valence-corrected chi connectivity index (χ4v) is 3.15. The zero-order valence-electron chi connectivity index (χ0n) is 10.8. The van der Waals surface area contributed by atoms with Crippen LogP contribution in [0.1, 0.15) is 16.5 Å². The lowest BCUT2D eigenvalue weighted by atomic mass is 10.0. The fourth-order valence-electron chi connectivity index (χ4n) is 1.89. The van der Waals surface area contributed by atoms with E-state index in [0.29, 0.717) is 10.0 Å². The van der Waals surface area contributed by atoms with E-state index in [1.54, 1.807) is 12.1 Å². The number of nitrogens with one attached hydrogen (secondary N) is 1. The Labute approximate surface area is 138 Å². The highest BCUT2D eigenvalue weighted by atomic mass is 79.9. The zero-order chi connectivity index (χ0) is 15.4. The van der Waals surface area contributed by atoms with Crippen molar-refractivity contribution in [3.8, 4) is 0 Å². The molecule has 1 aromatic heterocycles. The number of rotatable bonds is 5. The van der Waals surface area contributed by atoms with Crippen molar-refractivity contribution in [2.45, 2.75) is 12.5 Å². The predicted octanol–water partition coefficient (Wildman–Crippen LogP) is 4.10. The number of aliphatic hydroxyl groups is 1. The molecule has 112 valence electrons. The highest BCUT2D eigenvalue weighted by Crippen LogP contribution is 2.30. The van der Waals surface area contributed by atoms with Gasteiger partial charge >= 0.3 is 0 Å². The number of hydrogen-bond acceptors (Lipinski definition) is 3. The summed E-state index contributed by atoms with van der Waals surface area (Å²) in [7, 11) is 0. The molecular weight excluding hydrogens is 381 g/mol. The first-order chi connectivity index (χ1) is 10.0. The van der Waals surface area contributed by atoms with Gasteiger partial charge in [0.2, 0.25) is 5.91 Å².